The van der Waals surface area contributed by atoms with Gasteiger partial charge in [0.1, 0.15) is 0 Å². The van der Waals surface area contributed by atoms with Gasteiger partial charge in [0.2, 0.25) is 0 Å². The Labute approximate surface area is 102 Å². The number of benzene rings is 1. The summed E-state index contributed by atoms with van der Waals surface area (Å²) in [6, 6.07) is 10.1. The Morgan fingerprint density at radius 1 is 1.24 bits per heavy atom. The fourth-order valence-electron chi connectivity index (χ4n) is 2.29. The Balaban J connectivity index is 2.47. The van der Waals surface area contributed by atoms with E-state index in [9.17, 15) is 4.79 Å². The molecule has 88 valence electrons. The number of amides is 1. The summed E-state index contributed by atoms with van der Waals surface area (Å²) < 4.78 is 0. The Hall–Kier alpha value is -1.83. The predicted molar refractivity (Wildman–Crippen MR) is 69.5 cm³/mol. The predicted octanol–water partition coefficient (Wildman–Crippen LogP) is 3.14. The average molecular weight is 227 g/mol. The molecule has 2 rings (SSSR count). The van der Waals surface area contributed by atoms with Crippen LogP contribution in [-0.4, -0.2) is 5.91 Å². The smallest absolute Gasteiger partial charge is 0.252 e. The first-order valence-corrected chi connectivity index (χ1v) is 5.85. The Kier molecular flexibility index (Phi) is 3.14. The Bertz CT molecular complexity index is 493. The highest BCUT2D eigenvalue weighted by atomic mass is 16.2. The zero-order valence-electron chi connectivity index (χ0n) is 10.4. The summed E-state index contributed by atoms with van der Waals surface area (Å²) in [7, 11) is 0. The van der Waals surface area contributed by atoms with Crippen LogP contribution in [0.15, 0.2) is 53.1 Å². The van der Waals surface area contributed by atoms with E-state index in [1.807, 2.05) is 57.2 Å². The Morgan fingerprint density at radius 2 is 1.88 bits per heavy atom. The first-order chi connectivity index (χ1) is 8.15. The van der Waals surface area contributed by atoms with Crippen molar-refractivity contribution in [1.82, 2.24) is 5.32 Å². The van der Waals surface area contributed by atoms with Crippen LogP contribution in [0, 0.1) is 0 Å². The molecule has 1 atom stereocenters. The van der Waals surface area contributed by atoms with Gasteiger partial charge in [-0.15, -0.1) is 0 Å². The fourth-order valence-corrected chi connectivity index (χ4v) is 2.29. The van der Waals surface area contributed by atoms with Crippen molar-refractivity contribution in [1.29, 1.82) is 0 Å². The maximum atomic E-state index is 12.0. The molecule has 0 spiro atoms. The van der Waals surface area contributed by atoms with Crippen molar-refractivity contribution >= 4 is 5.91 Å². The highest BCUT2D eigenvalue weighted by Crippen LogP contribution is 2.34. The minimum absolute atomic E-state index is 0.00130. The van der Waals surface area contributed by atoms with Gasteiger partial charge in [0, 0.05) is 5.57 Å². The van der Waals surface area contributed by atoms with Crippen LogP contribution in [-0.2, 0) is 4.79 Å². The largest absolute Gasteiger partial charge is 0.341 e. The molecule has 1 amide bonds. The number of carbonyl (C=O) groups is 1. The van der Waals surface area contributed by atoms with E-state index in [4.69, 9.17) is 0 Å². The van der Waals surface area contributed by atoms with Gasteiger partial charge in [-0.1, -0.05) is 42.0 Å². The first kappa shape index (κ1) is 11.6. The van der Waals surface area contributed by atoms with E-state index in [0.29, 0.717) is 0 Å². The molecule has 17 heavy (non-hydrogen) atoms. The van der Waals surface area contributed by atoms with Crippen LogP contribution in [0.2, 0.25) is 0 Å². The van der Waals surface area contributed by atoms with E-state index in [0.717, 1.165) is 22.3 Å². The van der Waals surface area contributed by atoms with E-state index in [1.165, 1.54) is 0 Å². The molecule has 2 nitrogen and oxygen atoms in total. The number of rotatable bonds is 1. The molecule has 0 bridgehead atoms. The van der Waals surface area contributed by atoms with Gasteiger partial charge in [-0.2, -0.15) is 0 Å². The number of hydrogen-bond acceptors (Lipinski definition) is 1. The van der Waals surface area contributed by atoms with Crippen molar-refractivity contribution in [2.24, 2.45) is 0 Å². The molecule has 1 aliphatic heterocycles. The molecule has 1 aliphatic rings. The lowest BCUT2D eigenvalue weighted by Crippen LogP contribution is -2.19. The quantitative estimate of drug-likeness (QED) is 0.734. The number of hydrogen-bond donors (Lipinski definition) is 1. The molecule has 1 aromatic carbocycles. The van der Waals surface area contributed by atoms with Crippen LogP contribution in [0.3, 0.4) is 0 Å². The summed E-state index contributed by atoms with van der Waals surface area (Å²) >= 11 is 0. The molecule has 2 heteroatoms. The van der Waals surface area contributed by atoms with Crippen molar-refractivity contribution in [3.63, 3.8) is 0 Å². The highest BCUT2D eigenvalue weighted by Gasteiger charge is 2.32. The lowest BCUT2D eigenvalue weighted by molar-refractivity contribution is -0.116. The molecule has 0 aliphatic carbocycles. The van der Waals surface area contributed by atoms with Crippen molar-refractivity contribution < 1.29 is 4.79 Å². The first-order valence-electron chi connectivity index (χ1n) is 5.85. The van der Waals surface area contributed by atoms with Gasteiger partial charge in [-0.25, -0.2) is 0 Å². The number of allylic oxidation sites excluding steroid dienone is 2. The molecule has 0 aromatic heterocycles. The topological polar surface area (TPSA) is 29.1 Å². The highest BCUT2D eigenvalue weighted by molar-refractivity contribution is 6.02. The summed E-state index contributed by atoms with van der Waals surface area (Å²) in [5, 5.41) is 3.04. The van der Waals surface area contributed by atoms with Gasteiger partial charge in [0.25, 0.3) is 5.91 Å². The Morgan fingerprint density at radius 3 is 2.41 bits per heavy atom. The van der Waals surface area contributed by atoms with Gasteiger partial charge in [0.05, 0.1) is 6.04 Å². The zero-order valence-corrected chi connectivity index (χ0v) is 10.4. The van der Waals surface area contributed by atoms with Crippen LogP contribution < -0.4 is 5.32 Å². The van der Waals surface area contributed by atoms with Gasteiger partial charge in [-0.3, -0.25) is 4.79 Å². The molecular weight excluding hydrogens is 210 g/mol. The van der Waals surface area contributed by atoms with Crippen molar-refractivity contribution in [3.05, 3.63) is 58.7 Å². The monoisotopic (exact) mass is 227 g/mol. The van der Waals surface area contributed by atoms with Crippen molar-refractivity contribution in [2.75, 3.05) is 0 Å². The molecule has 1 fully saturated rings. The van der Waals surface area contributed by atoms with Gasteiger partial charge < -0.3 is 5.32 Å². The van der Waals surface area contributed by atoms with E-state index in [1.54, 1.807) is 0 Å². The second kappa shape index (κ2) is 4.58. The average Bonchev–Trinajstić information content (AvgIpc) is 2.67. The SMILES string of the molecule is C/C=C1\C(=C(C)C)C(=O)NC1c1ccccc1. The van der Waals surface area contributed by atoms with Crippen LogP contribution in [0.25, 0.3) is 0 Å². The molecule has 1 aromatic rings. The zero-order chi connectivity index (χ0) is 12.4. The lowest BCUT2D eigenvalue weighted by atomic mass is 9.95. The number of nitrogens with one attached hydrogen (secondary N) is 1. The van der Waals surface area contributed by atoms with E-state index in [2.05, 4.69) is 5.32 Å². The molecule has 1 saturated heterocycles. The maximum absolute atomic E-state index is 12.0. The second-order valence-electron chi connectivity index (χ2n) is 4.44. The van der Waals surface area contributed by atoms with Crippen molar-refractivity contribution in [3.8, 4) is 0 Å². The molecule has 1 heterocycles. The minimum atomic E-state index is -0.00130. The summed E-state index contributed by atoms with van der Waals surface area (Å²) in [5.74, 6) is 0.0342. The summed E-state index contributed by atoms with van der Waals surface area (Å²) in [6.07, 6.45) is 2.03. The van der Waals surface area contributed by atoms with Gasteiger partial charge in [-0.05, 0) is 31.9 Å². The van der Waals surface area contributed by atoms with Gasteiger partial charge in [0.15, 0.2) is 0 Å². The van der Waals surface area contributed by atoms with E-state index < -0.39 is 0 Å². The number of carbonyl (C=O) groups excluding carboxylic acids is 1. The van der Waals surface area contributed by atoms with Gasteiger partial charge >= 0.3 is 0 Å². The normalized spacial score (nSPS) is 21.8. The molecule has 0 radical (unpaired) electrons. The molecule has 1 N–H and O–H groups in total. The second-order valence-corrected chi connectivity index (χ2v) is 4.44. The molecular formula is C15H17NO. The fraction of sp³-hybridized carbons (Fsp3) is 0.267. The van der Waals surface area contributed by atoms with Crippen LogP contribution >= 0.6 is 0 Å². The third-order valence-electron chi connectivity index (χ3n) is 3.05. The van der Waals surface area contributed by atoms with Crippen LogP contribution in [0.4, 0.5) is 0 Å². The lowest BCUT2D eigenvalue weighted by Gasteiger charge is -2.12. The molecule has 1 unspecified atom stereocenters. The minimum Gasteiger partial charge on any atom is -0.341 e. The molecule has 0 saturated carbocycles. The van der Waals surface area contributed by atoms with Crippen molar-refractivity contribution in [2.45, 2.75) is 26.8 Å². The van der Waals surface area contributed by atoms with Crippen LogP contribution in [0.5, 0.6) is 0 Å². The standard InChI is InChI=1S/C15H17NO/c1-4-12-13(10(2)3)15(17)16-14(12)11-8-6-5-7-9-11/h4-9,14H,1-3H3,(H,16,17)/b12-4+. The summed E-state index contributed by atoms with van der Waals surface area (Å²) in [4.78, 5) is 12.0. The summed E-state index contributed by atoms with van der Waals surface area (Å²) in [5.41, 5.74) is 4.11. The maximum Gasteiger partial charge on any atom is 0.252 e. The summed E-state index contributed by atoms with van der Waals surface area (Å²) in [6.45, 7) is 5.94. The van der Waals surface area contributed by atoms with E-state index in [-0.39, 0.29) is 11.9 Å². The van der Waals surface area contributed by atoms with E-state index >= 15 is 0 Å². The third kappa shape index (κ3) is 2.03. The third-order valence-corrected chi connectivity index (χ3v) is 3.05. The van der Waals surface area contributed by atoms with Crippen LogP contribution in [0.1, 0.15) is 32.4 Å².